The van der Waals surface area contributed by atoms with Crippen molar-refractivity contribution in [3.05, 3.63) is 71.8 Å². The van der Waals surface area contributed by atoms with Crippen LogP contribution in [-0.2, 0) is 13.2 Å². The Morgan fingerprint density at radius 3 is 2.50 bits per heavy atom. The topological polar surface area (TPSA) is 98.9 Å². The van der Waals surface area contributed by atoms with Gasteiger partial charge < -0.3 is 15.2 Å². The Balaban J connectivity index is 1.50. The van der Waals surface area contributed by atoms with E-state index in [2.05, 4.69) is 20.4 Å². The molecule has 0 bridgehead atoms. The van der Waals surface area contributed by atoms with Crippen molar-refractivity contribution in [2.24, 2.45) is 0 Å². The normalized spacial score (nSPS) is 10.8. The lowest BCUT2D eigenvalue weighted by molar-refractivity contribution is 0.275. The van der Waals surface area contributed by atoms with Crippen molar-refractivity contribution < 1.29 is 9.47 Å². The first-order valence-corrected chi connectivity index (χ1v) is 8.14. The predicted octanol–water partition coefficient (Wildman–Crippen LogP) is 3.09. The first kappa shape index (κ1) is 15.9. The SMILES string of the molecule is Nc1cc(OCc2ccccc2OCc2ccccc2)c2n[nH]nc2n1. The third-order valence-corrected chi connectivity index (χ3v) is 3.87. The summed E-state index contributed by atoms with van der Waals surface area (Å²) in [5.41, 5.74) is 8.80. The first-order chi connectivity index (χ1) is 12.8. The van der Waals surface area contributed by atoms with Crippen LogP contribution in [0.1, 0.15) is 11.1 Å². The van der Waals surface area contributed by atoms with E-state index in [0.717, 1.165) is 16.9 Å². The number of hydrogen-bond donors (Lipinski definition) is 2. The summed E-state index contributed by atoms with van der Waals surface area (Å²) >= 11 is 0. The van der Waals surface area contributed by atoms with E-state index in [9.17, 15) is 0 Å². The van der Waals surface area contributed by atoms with Crippen molar-refractivity contribution in [2.75, 3.05) is 5.73 Å². The van der Waals surface area contributed by atoms with E-state index in [4.69, 9.17) is 15.2 Å². The molecule has 130 valence electrons. The molecule has 26 heavy (non-hydrogen) atoms. The second-order valence-corrected chi connectivity index (χ2v) is 5.71. The molecule has 2 aromatic carbocycles. The molecule has 4 rings (SSSR count). The number of aromatic amines is 1. The molecule has 2 heterocycles. The average molecular weight is 347 g/mol. The maximum atomic E-state index is 5.96. The number of nitrogens with two attached hydrogens (primary N) is 1. The summed E-state index contributed by atoms with van der Waals surface area (Å²) in [6.45, 7) is 0.809. The van der Waals surface area contributed by atoms with Gasteiger partial charge in [0.2, 0.25) is 5.65 Å². The van der Waals surface area contributed by atoms with Gasteiger partial charge in [-0.2, -0.15) is 10.3 Å². The van der Waals surface area contributed by atoms with E-state index in [0.29, 0.717) is 35.9 Å². The van der Waals surface area contributed by atoms with Crippen molar-refractivity contribution in [3.8, 4) is 11.5 Å². The number of nitrogen functional groups attached to an aromatic ring is 1. The van der Waals surface area contributed by atoms with Gasteiger partial charge in [-0.3, -0.25) is 0 Å². The number of ether oxygens (including phenoxy) is 2. The van der Waals surface area contributed by atoms with Crippen LogP contribution in [0.5, 0.6) is 11.5 Å². The lowest BCUT2D eigenvalue weighted by Crippen LogP contribution is -2.03. The van der Waals surface area contributed by atoms with Gasteiger partial charge in [-0.25, -0.2) is 4.98 Å². The number of nitrogens with zero attached hydrogens (tertiary/aromatic N) is 3. The maximum absolute atomic E-state index is 5.96. The van der Waals surface area contributed by atoms with Crippen molar-refractivity contribution in [3.63, 3.8) is 0 Å². The summed E-state index contributed by atoms with van der Waals surface area (Å²) in [5.74, 6) is 1.63. The molecule has 0 spiro atoms. The molecule has 0 saturated heterocycles. The van der Waals surface area contributed by atoms with Gasteiger partial charge in [-0.1, -0.05) is 48.5 Å². The highest BCUT2D eigenvalue weighted by Gasteiger charge is 2.11. The van der Waals surface area contributed by atoms with Gasteiger partial charge in [-0.15, -0.1) is 5.10 Å². The quantitative estimate of drug-likeness (QED) is 0.556. The summed E-state index contributed by atoms with van der Waals surface area (Å²) in [6, 6.07) is 19.4. The molecule has 4 aromatic rings. The molecule has 2 aromatic heterocycles. The minimum absolute atomic E-state index is 0.316. The Bertz CT molecular complexity index is 1020. The molecule has 3 N–H and O–H groups in total. The highest BCUT2D eigenvalue weighted by Crippen LogP contribution is 2.26. The van der Waals surface area contributed by atoms with Crippen molar-refractivity contribution in [1.29, 1.82) is 0 Å². The number of benzene rings is 2. The van der Waals surface area contributed by atoms with Gasteiger partial charge in [0.05, 0.1) is 0 Å². The number of H-pyrrole nitrogens is 1. The van der Waals surface area contributed by atoms with Crippen LogP contribution >= 0.6 is 0 Å². The summed E-state index contributed by atoms with van der Waals surface area (Å²) in [4.78, 5) is 4.10. The number of pyridine rings is 1. The molecular formula is C19H17N5O2. The third-order valence-electron chi connectivity index (χ3n) is 3.87. The van der Waals surface area contributed by atoms with Crippen LogP contribution in [0.4, 0.5) is 5.82 Å². The Morgan fingerprint density at radius 1 is 0.846 bits per heavy atom. The van der Waals surface area contributed by atoms with Gasteiger partial charge in [-0.05, 0) is 11.6 Å². The minimum atomic E-state index is 0.316. The van der Waals surface area contributed by atoms with Crippen molar-refractivity contribution in [2.45, 2.75) is 13.2 Å². The maximum Gasteiger partial charge on any atom is 0.207 e. The van der Waals surface area contributed by atoms with E-state index in [1.54, 1.807) is 6.07 Å². The molecular weight excluding hydrogens is 330 g/mol. The van der Waals surface area contributed by atoms with Crippen LogP contribution in [0.2, 0.25) is 0 Å². The van der Waals surface area contributed by atoms with Crippen LogP contribution in [0, 0.1) is 0 Å². The molecule has 0 amide bonds. The molecule has 0 saturated carbocycles. The fourth-order valence-corrected chi connectivity index (χ4v) is 2.59. The number of aromatic nitrogens is 4. The van der Waals surface area contributed by atoms with Crippen LogP contribution in [-0.4, -0.2) is 20.4 Å². The molecule has 0 aliphatic rings. The molecule has 0 unspecified atom stereocenters. The molecule has 0 radical (unpaired) electrons. The van der Waals surface area contributed by atoms with Gasteiger partial charge in [0.25, 0.3) is 0 Å². The standard InChI is InChI=1S/C19H17N5O2/c20-17-10-16(18-19(21-17)23-24-22-18)26-12-14-8-4-5-9-15(14)25-11-13-6-2-1-3-7-13/h1-10H,11-12H2,(H3,20,21,22,23,24). The smallest absolute Gasteiger partial charge is 0.207 e. The largest absolute Gasteiger partial charge is 0.488 e. The highest BCUT2D eigenvalue weighted by molar-refractivity contribution is 5.78. The third kappa shape index (κ3) is 3.41. The molecule has 7 nitrogen and oxygen atoms in total. The fourth-order valence-electron chi connectivity index (χ4n) is 2.59. The van der Waals surface area contributed by atoms with Crippen molar-refractivity contribution in [1.82, 2.24) is 20.4 Å². The molecule has 7 heteroatoms. The monoisotopic (exact) mass is 347 g/mol. The number of anilines is 1. The molecule has 0 aliphatic heterocycles. The average Bonchev–Trinajstić information content (AvgIpc) is 3.14. The Kier molecular flexibility index (Phi) is 4.34. The number of hydrogen-bond acceptors (Lipinski definition) is 6. The van der Waals surface area contributed by atoms with Crippen LogP contribution in [0.15, 0.2) is 60.7 Å². The fraction of sp³-hybridized carbons (Fsp3) is 0.105. The van der Waals surface area contributed by atoms with Crippen LogP contribution in [0.25, 0.3) is 11.2 Å². The lowest BCUT2D eigenvalue weighted by Gasteiger charge is -2.13. The van der Waals surface area contributed by atoms with E-state index in [1.165, 1.54) is 0 Å². The van der Waals surface area contributed by atoms with Gasteiger partial charge in [0.15, 0.2) is 11.3 Å². The number of fused-ring (bicyclic) bond motifs is 1. The summed E-state index contributed by atoms with van der Waals surface area (Å²) in [5, 5.41) is 10.5. The Hall–Kier alpha value is -3.61. The Labute approximate surface area is 149 Å². The summed E-state index contributed by atoms with van der Waals surface area (Å²) < 4.78 is 11.9. The summed E-state index contributed by atoms with van der Waals surface area (Å²) in [7, 11) is 0. The van der Waals surface area contributed by atoms with Crippen molar-refractivity contribution >= 4 is 17.0 Å². The highest BCUT2D eigenvalue weighted by atomic mass is 16.5. The second-order valence-electron chi connectivity index (χ2n) is 5.71. The number of para-hydroxylation sites is 1. The zero-order valence-corrected chi connectivity index (χ0v) is 13.9. The Morgan fingerprint density at radius 2 is 1.62 bits per heavy atom. The zero-order chi connectivity index (χ0) is 17.8. The molecule has 0 aliphatic carbocycles. The minimum Gasteiger partial charge on any atom is -0.488 e. The van der Waals surface area contributed by atoms with Gasteiger partial charge >= 0.3 is 0 Å². The predicted molar refractivity (Wildman–Crippen MR) is 97.6 cm³/mol. The van der Waals surface area contributed by atoms with E-state index < -0.39 is 0 Å². The molecule has 0 atom stereocenters. The van der Waals surface area contributed by atoms with Gasteiger partial charge in [0.1, 0.15) is 24.8 Å². The zero-order valence-electron chi connectivity index (χ0n) is 13.9. The van der Waals surface area contributed by atoms with Crippen LogP contribution in [0.3, 0.4) is 0 Å². The van der Waals surface area contributed by atoms with E-state index in [1.807, 2.05) is 54.6 Å². The first-order valence-electron chi connectivity index (χ1n) is 8.14. The number of rotatable bonds is 6. The second kappa shape index (κ2) is 7.10. The summed E-state index contributed by atoms with van der Waals surface area (Å²) in [6.07, 6.45) is 0. The molecule has 0 fully saturated rings. The van der Waals surface area contributed by atoms with E-state index in [-0.39, 0.29) is 0 Å². The van der Waals surface area contributed by atoms with Gasteiger partial charge in [0, 0.05) is 11.6 Å². The van der Waals surface area contributed by atoms with Crippen LogP contribution < -0.4 is 15.2 Å². The lowest BCUT2D eigenvalue weighted by atomic mass is 10.2. The number of nitrogens with one attached hydrogen (secondary N) is 1. The van der Waals surface area contributed by atoms with E-state index >= 15 is 0 Å².